The smallest absolute Gasteiger partial charge is 0.253 e. The van der Waals surface area contributed by atoms with Crippen LogP contribution in [-0.4, -0.2) is 26.2 Å². The molecule has 1 atom stereocenters. The number of nitrogens with one attached hydrogen (secondary N) is 1. The molecular formula is C18H22N2O4. The van der Waals surface area contributed by atoms with Gasteiger partial charge in [-0.05, 0) is 42.8 Å². The highest BCUT2D eigenvalue weighted by atomic mass is 16.5. The third kappa shape index (κ3) is 4.63. The van der Waals surface area contributed by atoms with Crippen LogP contribution < -0.4 is 20.5 Å². The maximum absolute atomic E-state index is 12.2. The molecule has 0 radical (unpaired) electrons. The number of hydrogen-bond donors (Lipinski definition) is 2. The van der Waals surface area contributed by atoms with E-state index in [9.17, 15) is 4.79 Å². The van der Waals surface area contributed by atoms with Gasteiger partial charge in [-0.25, -0.2) is 0 Å². The molecular weight excluding hydrogens is 308 g/mol. The van der Waals surface area contributed by atoms with Crippen molar-refractivity contribution in [1.29, 1.82) is 0 Å². The first kappa shape index (κ1) is 17.6. The van der Waals surface area contributed by atoms with Crippen LogP contribution in [-0.2, 0) is 16.1 Å². The Bertz CT molecular complexity index is 703. The van der Waals surface area contributed by atoms with E-state index in [-0.39, 0.29) is 5.91 Å². The average Bonchev–Trinajstić information content (AvgIpc) is 2.60. The second-order valence-electron chi connectivity index (χ2n) is 5.25. The predicted molar refractivity (Wildman–Crippen MR) is 93.3 cm³/mol. The summed E-state index contributed by atoms with van der Waals surface area (Å²) < 4.78 is 15.9. The molecule has 1 unspecified atom stereocenters. The normalized spacial score (nSPS) is 11.6. The number of methoxy groups -OCH3 is 2. The average molecular weight is 330 g/mol. The van der Waals surface area contributed by atoms with Crippen LogP contribution in [0.1, 0.15) is 12.5 Å². The van der Waals surface area contributed by atoms with Gasteiger partial charge in [0.15, 0.2) is 0 Å². The molecule has 0 saturated carbocycles. The number of hydrogen-bond acceptors (Lipinski definition) is 5. The molecule has 24 heavy (non-hydrogen) atoms. The highest BCUT2D eigenvalue weighted by molar-refractivity contribution is 5.94. The lowest BCUT2D eigenvalue weighted by atomic mass is 10.2. The summed E-state index contributed by atoms with van der Waals surface area (Å²) in [7, 11) is 3.15. The van der Waals surface area contributed by atoms with E-state index in [2.05, 4.69) is 5.32 Å². The Balaban J connectivity index is 1.91. The molecule has 0 heterocycles. The molecule has 0 saturated heterocycles. The molecule has 2 aromatic rings. The fourth-order valence-electron chi connectivity index (χ4n) is 2.12. The number of anilines is 2. The van der Waals surface area contributed by atoms with Crippen molar-refractivity contribution in [3.8, 4) is 11.5 Å². The lowest BCUT2D eigenvalue weighted by Crippen LogP contribution is -2.27. The van der Waals surface area contributed by atoms with Gasteiger partial charge >= 0.3 is 0 Å². The molecule has 0 aromatic heterocycles. The van der Waals surface area contributed by atoms with Crippen LogP contribution in [0.25, 0.3) is 0 Å². The number of benzene rings is 2. The predicted octanol–water partition coefficient (Wildman–Crippen LogP) is 2.83. The third-order valence-electron chi connectivity index (χ3n) is 3.50. The van der Waals surface area contributed by atoms with Gasteiger partial charge in [-0.15, -0.1) is 0 Å². The molecule has 128 valence electrons. The summed E-state index contributed by atoms with van der Waals surface area (Å²) >= 11 is 0. The zero-order valence-electron chi connectivity index (χ0n) is 14.0. The molecule has 6 heteroatoms. The molecule has 1 amide bonds. The molecule has 2 rings (SSSR count). The monoisotopic (exact) mass is 330 g/mol. The minimum absolute atomic E-state index is 0.248. The van der Waals surface area contributed by atoms with Gasteiger partial charge in [-0.3, -0.25) is 4.79 Å². The van der Waals surface area contributed by atoms with Gasteiger partial charge in [-0.1, -0.05) is 12.1 Å². The molecule has 0 aliphatic rings. The first-order valence-corrected chi connectivity index (χ1v) is 7.52. The second-order valence-corrected chi connectivity index (χ2v) is 5.25. The third-order valence-corrected chi connectivity index (χ3v) is 3.50. The molecule has 0 aliphatic carbocycles. The Labute approximate surface area is 141 Å². The fraction of sp³-hybridized carbons (Fsp3) is 0.278. The van der Waals surface area contributed by atoms with E-state index in [1.807, 2.05) is 24.3 Å². The van der Waals surface area contributed by atoms with Gasteiger partial charge in [-0.2, -0.15) is 0 Å². The lowest BCUT2D eigenvalue weighted by Gasteiger charge is -2.14. The molecule has 3 N–H and O–H groups in total. The van der Waals surface area contributed by atoms with Crippen molar-refractivity contribution in [1.82, 2.24) is 0 Å². The van der Waals surface area contributed by atoms with Gasteiger partial charge in [0.2, 0.25) is 0 Å². The largest absolute Gasteiger partial charge is 0.497 e. The van der Waals surface area contributed by atoms with E-state index in [0.717, 1.165) is 11.3 Å². The number of carbonyl (C=O) groups excluding carboxylic acids is 1. The van der Waals surface area contributed by atoms with Crippen LogP contribution in [0.15, 0.2) is 42.5 Å². The van der Waals surface area contributed by atoms with Crippen molar-refractivity contribution in [3.05, 3.63) is 48.0 Å². The highest BCUT2D eigenvalue weighted by Gasteiger charge is 2.14. The van der Waals surface area contributed by atoms with Gasteiger partial charge in [0.1, 0.15) is 17.6 Å². The van der Waals surface area contributed by atoms with Crippen molar-refractivity contribution in [2.45, 2.75) is 19.6 Å². The van der Waals surface area contributed by atoms with Crippen LogP contribution in [0, 0.1) is 0 Å². The van der Waals surface area contributed by atoms with Crippen LogP contribution in [0.4, 0.5) is 11.4 Å². The van der Waals surface area contributed by atoms with E-state index < -0.39 is 6.10 Å². The molecule has 2 aromatic carbocycles. The number of rotatable bonds is 7. The van der Waals surface area contributed by atoms with Gasteiger partial charge < -0.3 is 25.3 Å². The zero-order valence-corrected chi connectivity index (χ0v) is 14.0. The Morgan fingerprint density at radius 2 is 1.96 bits per heavy atom. The summed E-state index contributed by atoms with van der Waals surface area (Å²) in [6.45, 7) is 2.01. The minimum atomic E-state index is -0.612. The van der Waals surface area contributed by atoms with E-state index in [4.69, 9.17) is 19.9 Å². The second kappa shape index (κ2) is 8.21. The van der Waals surface area contributed by atoms with Crippen LogP contribution in [0.3, 0.4) is 0 Å². The maximum Gasteiger partial charge on any atom is 0.253 e. The standard InChI is InChI=1S/C18H22N2O4/c1-12(24-11-13-5-4-6-15(9-13)22-2)18(21)20-14-7-8-17(23-3)16(19)10-14/h4-10,12H,11,19H2,1-3H3,(H,20,21). The SMILES string of the molecule is COc1cccc(COC(C)C(=O)Nc2ccc(OC)c(N)c2)c1. The number of ether oxygens (including phenoxy) is 3. The minimum Gasteiger partial charge on any atom is -0.497 e. The van der Waals surface area contributed by atoms with Gasteiger partial charge in [0.25, 0.3) is 5.91 Å². The molecule has 0 spiro atoms. The maximum atomic E-state index is 12.2. The Hall–Kier alpha value is -2.73. The summed E-state index contributed by atoms with van der Waals surface area (Å²) in [6.07, 6.45) is -0.612. The fourth-order valence-corrected chi connectivity index (χ4v) is 2.12. The van der Waals surface area contributed by atoms with Crippen molar-refractivity contribution in [2.75, 3.05) is 25.3 Å². The zero-order chi connectivity index (χ0) is 17.5. The van der Waals surface area contributed by atoms with Crippen LogP contribution >= 0.6 is 0 Å². The van der Waals surface area contributed by atoms with E-state index in [1.165, 1.54) is 0 Å². The van der Waals surface area contributed by atoms with E-state index >= 15 is 0 Å². The number of amides is 1. The molecule has 0 aliphatic heterocycles. The summed E-state index contributed by atoms with van der Waals surface area (Å²) in [5, 5.41) is 2.77. The van der Waals surface area contributed by atoms with Gasteiger partial charge in [0, 0.05) is 5.69 Å². The summed E-state index contributed by atoms with van der Waals surface area (Å²) in [6, 6.07) is 12.6. The molecule has 0 fully saturated rings. The first-order valence-electron chi connectivity index (χ1n) is 7.52. The summed E-state index contributed by atoms with van der Waals surface area (Å²) in [5.41, 5.74) is 7.81. The summed E-state index contributed by atoms with van der Waals surface area (Å²) in [5.74, 6) is 1.07. The first-order chi connectivity index (χ1) is 11.5. The topological polar surface area (TPSA) is 82.8 Å². The highest BCUT2D eigenvalue weighted by Crippen LogP contribution is 2.24. The molecule has 6 nitrogen and oxygen atoms in total. The van der Waals surface area contributed by atoms with Crippen molar-refractivity contribution in [3.63, 3.8) is 0 Å². The quantitative estimate of drug-likeness (QED) is 0.763. The summed E-state index contributed by atoms with van der Waals surface area (Å²) in [4.78, 5) is 12.2. The van der Waals surface area contributed by atoms with Crippen molar-refractivity contribution >= 4 is 17.3 Å². The van der Waals surface area contributed by atoms with Crippen molar-refractivity contribution in [2.24, 2.45) is 0 Å². The van der Waals surface area contributed by atoms with E-state index in [0.29, 0.717) is 23.7 Å². The number of nitrogen functional groups attached to an aromatic ring is 1. The van der Waals surface area contributed by atoms with Crippen LogP contribution in [0.2, 0.25) is 0 Å². The van der Waals surface area contributed by atoms with E-state index in [1.54, 1.807) is 39.3 Å². The van der Waals surface area contributed by atoms with Crippen LogP contribution in [0.5, 0.6) is 11.5 Å². The lowest BCUT2D eigenvalue weighted by molar-refractivity contribution is -0.127. The van der Waals surface area contributed by atoms with Gasteiger partial charge in [0.05, 0.1) is 26.5 Å². The van der Waals surface area contributed by atoms with Crippen molar-refractivity contribution < 1.29 is 19.0 Å². The Morgan fingerprint density at radius 1 is 1.17 bits per heavy atom. The molecule has 0 bridgehead atoms. The Kier molecular flexibility index (Phi) is 6.03. The number of nitrogens with two attached hydrogens (primary N) is 1. The Morgan fingerprint density at radius 3 is 2.62 bits per heavy atom. The number of carbonyl (C=O) groups is 1.